The second kappa shape index (κ2) is 59.4. The van der Waals surface area contributed by atoms with E-state index in [1.54, 1.807) is 0 Å². The number of phosphoric acid groups is 2. The van der Waals surface area contributed by atoms with Crippen molar-refractivity contribution in [1.82, 2.24) is 0 Å². The summed E-state index contributed by atoms with van der Waals surface area (Å²) in [4.78, 5) is 72.4. The van der Waals surface area contributed by atoms with Crippen molar-refractivity contribution in [2.75, 3.05) is 39.6 Å². The van der Waals surface area contributed by atoms with Crippen LogP contribution in [0.3, 0.4) is 0 Å². The van der Waals surface area contributed by atoms with Crippen LogP contribution in [0.5, 0.6) is 0 Å². The Morgan fingerprint density at radius 1 is 0.337 bits per heavy atom. The first kappa shape index (κ1) is 84.1. The van der Waals surface area contributed by atoms with Gasteiger partial charge in [0.15, 0.2) is 12.2 Å². The van der Waals surface area contributed by atoms with Gasteiger partial charge in [-0.05, 0) is 37.5 Å². The van der Waals surface area contributed by atoms with Crippen molar-refractivity contribution in [3.63, 3.8) is 0 Å². The van der Waals surface area contributed by atoms with Gasteiger partial charge in [0.1, 0.15) is 19.3 Å². The Morgan fingerprint density at radius 3 is 0.884 bits per heavy atom. The fourth-order valence-corrected chi connectivity index (χ4v) is 11.6. The Morgan fingerprint density at radius 2 is 0.593 bits per heavy atom. The SMILES string of the molecule is CCCCCCCCCCCCCCC(=O)OC[C@H](COP(=O)(O)OC[C@@H](O)COP(=O)(O)OC[C@@H](COC(=O)CCCCCCCCCCCC)OC(=O)CCCCCCCCC(C)CC)OC(=O)CCCCCCCCCCCCCC(C)C. The Balaban J connectivity index is 5.25. The highest BCUT2D eigenvalue weighted by molar-refractivity contribution is 7.47. The molecule has 0 aliphatic heterocycles. The van der Waals surface area contributed by atoms with E-state index >= 15 is 0 Å². The highest BCUT2D eigenvalue weighted by Crippen LogP contribution is 2.45. The predicted molar refractivity (Wildman–Crippen MR) is 345 cm³/mol. The van der Waals surface area contributed by atoms with Gasteiger partial charge in [0.25, 0.3) is 0 Å². The monoisotopic (exact) mass is 1270 g/mol. The number of aliphatic hydroxyl groups excluding tert-OH is 1. The second-order valence-corrected chi connectivity index (χ2v) is 27.8. The minimum absolute atomic E-state index is 0.103. The molecule has 3 N–H and O–H groups in total. The van der Waals surface area contributed by atoms with E-state index in [9.17, 15) is 43.2 Å². The topological polar surface area (TPSA) is 237 Å². The molecule has 510 valence electrons. The molecule has 0 aliphatic rings. The molecule has 17 nitrogen and oxygen atoms in total. The van der Waals surface area contributed by atoms with Crippen LogP contribution in [-0.4, -0.2) is 96.7 Å². The first-order chi connectivity index (χ1) is 41.4. The van der Waals surface area contributed by atoms with Gasteiger partial charge in [-0.1, -0.05) is 286 Å². The highest BCUT2D eigenvalue weighted by Gasteiger charge is 2.30. The lowest BCUT2D eigenvalue weighted by Crippen LogP contribution is -2.30. The van der Waals surface area contributed by atoms with Crippen molar-refractivity contribution in [3.05, 3.63) is 0 Å². The average Bonchev–Trinajstić information content (AvgIpc) is 3.69. The van der Waals surface area contributed by atoms with E-state index in [1.165, 1.54) is 154 Å². The molecular weight excluding hydrogens is 1140 g/mol. The number of hydrogen-bond acceptors (Lipinski definition) is 15. The van der Waals surface area contributed by atoms with Gasteiger partial charge >= 0.3 is 39.5 Å². The molecule has 0 saturated carbocycles. The van der Waals surface area contributed by atoms with E-state index in [2.05, 4.69) is 41.5 Å². The van der Waals surface area contributed by atoms with Gasteiger partial charge in [0.05, 0.1) is 26.4 Å². The summed E-state index contributed by atoms with van der Waals surface area (Å²) >= 11 is 0. The third-order valence-corrected chi connectivity index (χ3v) is 17.7. The summed E-state index contributed by atoms with van der Waals surface area (Å²) in [5.74, 6) is -0.645. The van der Waals surface area contributed by atoms with Crippen molar-refractivity contribution < 1.29 is 80.2 Å². The molecule has 0 heterocycles. The van der Waals surface area contributed by atoms with Crippen molar-refractivity contribution in [2.24, 2.45) is 11.8 Å². The van der Waals surface area contributed by atoms with Crippen LogP contribution in [0.15, 0.2) is 0 Å². The molecular formula is C67H130O17P2. The molecule has 0 aromatic rings. The quantitative estimate of drug-likeness (QED) is 0.0222. The first-order valence-electron chi connectivity index (χ1n) is 35.0. The molecule has 0 aromatic carbocycles. The van der Waals surface area contributed by atoms with Gasteiger partial charge in [-0.2, -0.15) is 0 Å². The van der Waals surface area contributed by atoms with E-state index in [1.807, 2.05) is 0 Å². The zero-order valence-electron chi connectivity index (χ0n) is 55.6. The van der Waals surface area contributed by atoms with Gasteiger partial charge < -0.3 is 33.8 Å². The molecule has 0 amide bonds. The van der Waals surface area contributed by atoms with Crippen LogP contribution in [-0.2, 0) is 65.4 Å². The van der Waals surface area contributed by atoms with E-state index in [0.717, 1.165) is 102 Å². The molecule has 0 radical (unpaired) electrons. The molecule has 0 bridgehead atoms. The third kappa shape index (κ3) is 59.7. The van der Waals surface area contributed by atoms with Crippen LogP contribution in [0, 0.1) is 11.8 Å². The maximum Gasteiger partial charge on any atom is 0.472 e. The summed E-state index contributed by atoms with van der Waals surface area (Å²) in [7, 11) is -9.89. The molecule has 0 fully saturated rings. The summed E-state index contributed by atoms with van der Waals surface area (Å²) in [6.07, 6.45) is 43.0. The normalized spacial score (nSPS) is 14.5. The fraction of sp³-hybridized carbons (Fsp3) is 0.940. The molecule has 3 unspecified atom stereocenters. The Bertz CT molecular complexity index is 1690. The van der Waals surface area contributed by atoms with Crippen molar-refractivity contribution in [1.29, 1.82) is 0 Å². The van der Waals surface area contributed by atoms with E-state index in [4.69, 9.17) is 37.0 Å². The number of ether oxygens (including phenoxy) is 4. The number of hydrogen-bond donors (Lipinski definition) is 3. The number of carbonyl (C=O) groups is 4. The molecule has 0 rings (SSSR count). The van der Waals surface area contributed by atoms with E-state index < -0.39 is 97.5 Å². The fourth-order valence-electron chi connectivity index (χ4n) is 10.0. The van der Waals surface area contributed by atoms with Crippen LogP contribution in [0.4, 0.5) is 0 Å². The Labute approximate surface area is 524 Å². The smallest absolute Gasteiger partial charge is 0.462 e. The molecule has 86 heavy (non-hydrogen) atoms. The Hall–Kier alpha value is -1.94. The van der Waals surface area contributed by atoms with Gasteiger partial charge in [-0.15, -0.1) is 0 Å². The number of phosphoric ester groups is 2. The van der Waals surface area contributed by atoms with Crippen LogP contribution in [0.2, 0.25) is 0 Å². The number of unbranched alkanes of at least 4 members (excludes halogenated alkanes) is 35. The number of aliphatic hydroxyl groups is 1. The predicted octanol–water partition coefficient (Wildman–Crippen LogP) is 18.8. The molecule has 0 aromatic heterocycles. The van der Waals surface area contributed by atoms with Gasteiger partial charge in [-0.3, -0.25) is 37.3 Å². The zero-order chi connectivity index (χ0) is 63.6. The maximum atomic E-state index is 13.0. The summed E-state index contributed by atoms with van der Waals surface area (Å²) in [6.45, 7) is 9.47. The molecule has 0 spiro atoms. The minimum atomic E-state index is -4.95. The second-order valence-electron chi connectivity index (χ2n) is 24.9. The molecule has 0 aliphatic carbocycles. The molecule has 19 heteroatoms. The Kier molecular flexibility index (Phi) is 58.0. The van der Waals surface area contributed by atoms with Crippen LogP contribution in [0.1, 0.15) is 337 Å². The largest absolute Gasteiger partial charge is 0.472 e. The number of rotatable bonds is 66. The lowest BCUT2D eigenvalue weighted by molar-refractivity contribution is -0.161. The first-order valence-corrected chi connectivity index (χ1v) is 38.0. The van der Waals surface area contributed by atoms with Crippen molar-refractivity contribution >= 4 is 39.5 Å². The van der Waals surface area contributed by atoms with Crippen molar-refractivity contribution in [3.8, 4) is 0 Å². The molecule has 6 atom stereocenters. The van der Waals surface area contributed by atoms with Crippen LogP contribution < -0.4 is 0 Å². The van der Waals surface area contributed by atoms with Gasteiger partial charge in [0, 0.05) is 25.7 Å². The highest BCUT2D eigenvalue weighted by atomic mass is 31.2. The average molecular weight is 1270 g/mol. The standard InChI is InChI=1S/C67H130O17P2/c1-7-10-12-14-16-18-20-23-27-31-38-44-50-65(70)77-55-62(83-66(71)51-45-39-32-28-24-21-22-25-29-35-41-47-59(4)5)57-81-85(73,74)79-53-61(68)54-80-86(75,76)82-58-63(84-67(72)52-46-40-34-33-36-42-48-60(6)9-3)56-78-64(69)49-43-37-30-26-19-17-15-13-11-8-2/h59-63,68H,7-58H2,1-6H3,(H,73,74)(H,75,76)/t60?,61-,62-,63-/m1/s1. The summed E-state index contributed by atoms with van der Waals surface area (Å²) in [5, 5.41) is 10.6. The minimum Gasteiger partial charge on any atom is -0.462 e. The summed E-state index contributed by atoms with van der Waals surface area (Å²) in [6, 6.07) is 0. The van der Waals surface area contributed by atoms with Crippen LogP contribution in [0.25, 0.3) is 0 Å². The third-order valence-electron chi connectivity index (χ3n) is 15.8. The lowest BCUT2D eigenvalue weighted by atomic mass is 10.00. The number of carbonyl (C=O) groups excluding carboxylic acids is 4. The zero-order valence-corrected chi connectivity index (χ0v) is 57.4. The van der Waals surface area contributed by atoms with E-state index in [-0.39, 0.29) is 25.7 Å². The maximum absolute atomic E-state index is 13.0. The van der Waals surface area contributed by atoms with E-state index in [0.29, 0.717) is 25.7 Å². The summed E-state index contributed by atoms with van der Waals surface area (Å²) < 4.78 is 68.1. The van der Waals surface area contributed by atoms with Crippen molar-refractivity contribution in [2.45, 2.75) is 355 Å². The molecule has 0 saturated heterocycles. The van der Waals surface area contributed by atoms with Crippen LogP contribution >= 0.6 is 15.6 Å². The lowest BCUT2D eigenvalue weighted by Gasteiger charge is -2.21. The van der Waals surface area contributed by atoms with Gasteiger partial charge in [-0.25, -0.2) is 9.13 Å². The summed E-state index contributed by atoms with van der Waals surface area (Å²) in [5.41, 5.74) is 0. The number of esters is 4. The van der Waals surface area contributed by atoms with Gasteiger partial charge in [0.2, 0.25) is 0 Å².